The van der Waals surface area contributed by atoms with Gasteiger partial charge in [0.1, 0.15) is 5.75 Å². The third kappa shape index (κ3) is 6.41. The van der Waals surface area contributed by atoms with Crippen molar-refractivity contribution in [1.29, 1.82) is 0 Å². The Hall–Kier alpha value is -4.11. The van der Waals surface area contributed by atoms with E-state index in [-0.39, 0.29) is 24.1 Å². The SMILES string of the molecule is COc1ccc(C(=O)NCc2nnc(SCC(=O)Nc3ccc(C)cc3C)n2-c2cc(C)ccc2C)cc1. The number of hydrogen-bond donors (Lipinski definition) is 2. The fraction of sp³-hybridized carbons (Fsp3) is 0.241. The minimum atomic E-state index is -0.231. The van der Waals surface area contributed by atoms with Gasteiger partial charge in [-0.2, -0.15) is 0 Å². The van der Waals surface area contributed by atoms with Crippen molar-refractivity contribution >= 4 is 29.3 Å². The fourth-order valence-corrected chi connectivity index (χ4v) is 4.75. The van der Waals surface area contributed by atoms with Gasteiger partial charge in [0.05, 0.1) is 25.1 Å². The van der Waals surface area contributed by atoms with Crippen LogP contribution >= 0.6 is 11.8 Å². The zero-order chi connectivity index (χ0) is 27.2. The minimum Gasteiger partial charge on any atom is -0.497 e. The number of benzene rings is 3. The van der Waals surface area contributed by atoms with E-state index in [1.54, 1.807) is 31.4 Å². The number of thioether (sulfide) groups is 1. The lowest BCUT2D eigenvalue weighted by molar-refractivity contribution is -0.113. The highest BCUT2D eigenvalue weighted by Crippen LogP contribution is 2.26. The van der Waals surface area contributed by atoms with Gasteiger partial charge < -0.3 is 15.4 Å². The molecule has 0 aliphatic rings. The largest absolute Gasteiger partial charge is 0.497 e. The molecule has 0 saturated carbocycles. The van der Waals surface area contributed by atoms with Crippen LogP contribution in [-0.4, -0.2) is 39.4 Å². The lowest BCUT2D eigenvalue weighted by atomic mass is 10.1. The molecule has 196 valence electrons. The summed E-state index contributed by atoms with van der Waals surface area (Å²) in [6, 6.07) is 18.9. The van der Waals surface area contributed by atoms with E-state index in [2.05, 4.69) is 20.8 Å². The number of hydrogen-bond acceptors (Lipinski definition) is 6. The lowest BCUT2D eigenvalue weighted by Gasteiger charge is -2.14. The number of aromatic nitrogens is 3. The molecule has 38 heavy (non-hydrogen) atoms. The van der Waals surface area contributed by atoms with Gasteiger partial charge in [0.15, 0.2) is 11.0 Å². The van der Waals surface area contributed by atoms with Crippen LogP contribution in [0.5, 0.6) is 5.75 Å². The molecule has 0 fully saturated rings. The van der Waals surface area contributed by atoms with Gasteiger partial charge >= 0.3 is 0 Å². The second kappa shape index (κ2) is 12.0. The Morgan fingerprint density at radius 1 is 0.895 bits per heavy atom. The van der Waals surface area contributed by atoms with E-state index in [4.69, 9.17) is 4.74 Å². The number of nitrogens with zero attached hydrogens (tertiary/aromatic N) is 3. The third-order valence-electron chi connectivity index (χ3n) is 6.05. The van der Waals surface area contributed by atoms with E-state index in [1.165, 1.54) is 11.8 Å². The average Bonchev–Trinajstić information content (AvgIpc) is 3.31. The van der Waals surface area contributed by atoms with E-state index in [0.717, 1.165) is 33.6 Å². The van der Waals surface area contributed by atoms with Crippen LogP contribution in [0.2, 0.25) is 0 Å². The maximum Gasteiger partial charge on any atom is 0.251 e. The van der Waals surface area contributed by atoms with Crippen molar-refractivity contribution in [2.24, 2.45) is 0 Å². The van der Waals surface area contributed by atoms with Crippen LogP contribution in [0, 0.1) is 27.7 Å². The number of nitrogens with one attached hydrogen (secondary N) is 2. The maximum atomic E-state index is 12.8. The summed E-state index contributed by atoms with van der Waals surface area (Å²) >= 11 is 1.30. The predicted molar refractivity (Wildman–Crippen MR) is 150 cm³/mol. The standard InChI is InChI=1S/C29H31N5O3S/c1-18-7-13-24(21(4)14-18)31-27(35)17-38-29-33-32-26(34(29)25-15-19(2)6-8-20(25)3)16-30-28(36)22-9-11-23(37-5)12-10-22/h6-15H,16-17H2,1-5H3,(H,30,36)(H,31,35). The van der Waals surface area contributed by atoms with Gasteiger partial charge in [-0.15, -0.1) is 10.2 Å². The van der Waals surface area contributed by atoms with Crippen molar-refractivity contribution in [1.82, 2.24) is 20.1 Å². The van der Waals surface area contributed by atoms with E-state index in [9.17, 15) is 9.59 Å². The number of amides is 2. The van der Waals surface area contributed by atoms with Gasteiger partial charge in [-0.1, -0.05) is 41.6 Å². The minimum absolute atomic E-state index is 0.133. The summed E-state index contributed by atoms with van der Waals surface area (Å²) in [6.07, 6.45) is 0. The second-order valence-corrected chi connectivity index (χ2v) is 10.0. The molecule has 0 aliphatic carbocycles. The topological polar surface area (TPSA) is 98.1 Å². The molecular formula is C29H31N5O3S. The number of ether oxygens (including phenoxy) is 1. The van der Waals surface area contributed by atoms with Crippen LogP contribution in [0.3, 0.4) is 0 Å². The van der Waals surface area contributed by atoms with Gasteiger partial charge in [-0.25, -0.2) is 0 Å². The van der Waals surface area contributed by atoms with Gasteiger partial charge in [0, 0.05) is 11.3 Å². The Morgan fingerprint density at radius 3 is 2.32 bits per heavy atom. The highest BCUT2D eigenvalue weighted by atomic mass is 32.2. The number of rotatable bonds is 9. The number of carbonyl (C=O) groups is 2. The van der Waals surface area contributed by atoms with Crippen molar-refractivity contribution in [3.63, 3.8) is 0 Å². The summed E-state index contributed by atoms with van der Waals surface area (Å²) in [7, 11) is 1.58. The Morgan fingerprint density at radius 2 is 1.61 bits per heavy atom. The number of carbonyl (C=O) groups excluding carboxylic acids is 2. The summed E-state index contributed by atoms with van der Waals surface area (Å²) in [6.45, 7) is 8.18. The van der Waals surface area contributed by atoms with E-state index < -0.39 is 0 Å². The quantitative estimate of drug-likeness (QED) is 0.290. The molecule has 0 aliphatic heterocycles. The molecule has 2 N–H and O–H groups in total. The predicted octanol–water partition coefficient (Wildman–Crippen LogP) is 5.17. The molecule has 9 heteroatoms. The smallest absolute Gasteiger partial charge is 0.251 e. The molecule has 0 atom stereocenters. The molecule has 4 aromatic rings. The average molecular weight is 530 g/mol. The van der Waals surface area contributed by atoms with E-state index >= 15 is 0 Å². The Bertz CT molecular complexity index is 1460. The summed E-state index contributed by atoms with van der Waals surface area (Å²) in [5.41, 5.74) is 6.47. The molecular weight excluding hydrogens is 498 g/mol. The van der Waals surface area contributed by atoms with Crippen molar-refractivity contribution in [3.8, 4) is 11.4 Å². The first-order chi connectivity index (χ1) is 18.2. The molecule has 4 rings (SSSR count). The van der Waals surface area contributed by atoms with Crippen LogP contribution in [0.4, 0.5) is 5.69 Å². The lowest BCUT2D eigenvalue weighted by Crippen LogP contribution is -2.24. The fourth-order valence-electron chi connectivity index (χ4n) is 3.98. The highest BCUT2D eigenvalue weighted by molar-refractivity contribution is 7.99. The first-order valence-corrected chi connectivity index (χ1v) is 13.2. The molecule has 2 amide bonds. The Balaban J connectivity index is 1.53. The summed E-state index contributed by atoms with van der Waals surface area (Å²) in [5, 5.41) is 15.2. The summed E-state index contributed by atoms with van der Waals surface area (Å²) < 4.78 is 7.07. The molecule has 0 bridgehead atoms. The van der Waals surface area contributed by atoms with Crippen LogP contribution in [0.1, 0.15) is 38.4 Å². The van der Waals surface area contributed by atoms with Crippen LogP contribution in [0.25, 0.3) is 5.69 Å². The van der Waals surface area contributed by atoms with Crippen molar-refractivity contribution in [2.75, 3.05) is 18.2 Å². The first kappa shape index (κ1) is 26.9. The molecule has 0 spiro atoms. The van der Waals surface area contributed by atoms with Crippen LogP contribution < -0.4 is 15.4 Å². The highest BCUT2D eigenvalue weighted by Gasteiger charge is 2.19. The van der Waals surface area contributed by atoms with Crippen molar-refractivity contribution in [3.05, 3.63) is 94.3 Å². The monoisotopic (exact) mass is 529 g/mol. The Labute approximate surface area is 226 Å². The number of anilines is 1. The third-order valence-corrected chi connectivity index (χ3v) is 6.98. The van der Waals surface area contributed by atoms with E-state index in [0.29, 0.717) is 22.3 Å². The molecule has 0 radical (unpaired) electrons. The number of aryl methyl sites for hydroxylation is 4. The van der Waals surface area contributed by atoms with Crippen LogP contribution in [0.15, 0.2) is 65.8 Å². The van der Waals surface area contributed by atoms with Gasteiger partial charge in [0.2, 0.25) is 5.91 Å². The van der Waals surface area contributed by atoms with Gasteiger partial charge in [-0.3, -0.25) is 14.2 Å². The molecule has 1 heterocycles. The summed E-state index contributed by atoms with van der Waals surface area (Å²) in [5.74, 6) is 1.04. The normalized spacial score (nSPS) is 10.8. The second-order valence-electron chi connectivity index (χ2n) is 9.09. The van der Waals surface area contributed by atoms with Gasteiger partial charge in [0.25, 0.3) is 5.91 Å². The molecule has 3 aromatic carbocycles. The zero-order valence-electron chi connectivity index (χ0n) is 22.2. The maximum absolute atomic E-state index is 12.8. The summed E-state index contributed by atoms with van der Waals surface area (Å²) in [4.78, 5) is 25.5. The Kier molecular flexibility index (Phi) is 8.48. The zero-order valence-corrected chi connectivity index (χ0v) is 23.0. The van der Waals surface area contributed by atoms with Crippen molar-refractivity contribution < 1.29 is 14.3 Å². The molecule has 0 saturated heterocycles. The van der Waals surface area contributed by atoms with E-state index in [1.807, 2.05) is 68.7 Å². The number of methoxy groups -OCH3 is 1. The van der Waals surface area contributed by atoms with Crippen LogP contribution in [-0.2, 0) is 11.3 Å². The molecule has 8 nitrogen and oxygen atoms in total. The molecule has 0 unspecified atom stereocenters. The van der Waals surface area contributed by atoms with Gasteiger partial charge in [-0.05, 0) is 80.8 Å². The van der Waals surface area contributed by atoms with Crippen molar-refractivity contribution in [2.45, 2.75) is 39.4 Å². The molecule has 1 aromatic heterocycles. The first-order valence-electron chi connectivity index (χ1n) is 12.2.